The lowest BCUT2D eigenvalue weighted by molar-refractivity contribution is -0.212. The van der Waals surface area contributed by atoms with E-state index in [9.17, 15) is 9.90 Å². The number of carbonyl (C=O) groups is 1. The van der Waals surface area contributed by atoms with Gasteiger partial charge in [0.05, 0.1) is 30.3 Å². The molecule has 0 aliphatic carbocycles. The smallest absolute Gasteiger partial charge is 0.264 e. The lowest BCUT2D eigenvalue weighted by Gasteiger charge is -2.57. The Morgan fingerprint density at radius 3 is 3.08 bits per heavy atom. The molecule has 1 amide bonds. The number of piperidine rings is 1. The summed E-state index contributed by atoms with van der Waals surface area (Å²) in [6, 6.07) is 3.87. The van der Waals surface area contributed by atoms with Gasteiger partial charge in [-0.05, 0) is 18.6 Å². The molecule has 1 aromatic heterocycles. The first-order valence-corrected chi connectivity index (χ1v) is 9.71. The van der Waals surface area contributed by atoms with Crippen LogP contribution in [0.25, 0.3) is 0 Å². The molecule has 0 spiro atoms. The van der Waals surface area contributed by atoms with Crippen LogP contribution >= 0.6 is 11.3 Å². The van der Waals surface area contributed by atoms with Gasteiger partial charge in [0.15, 0.2) is 0 Å². The number of rotatable bonds is 3. The van der Waals surface area contributed by atoms with Crippen molar-refractivity contribution in [2.45, 2.75) is 31.1 Å². The highest BCUT2D eigenvalue weighted by Crippen LogP contribution is 2.44. The average molecular weight is 367 g/mol. The van der Waals surface area contributed by atoms with Crippen LogP contribution in [0, 0.1) is 11.8 Å². The quantitative estimate of drug-likeness (QED) is 0.877. The van der Waals surface area contributed by atoms with E-state index in [-0.39, 0.29) is 23.8 Å². The van der Waals surface area contributed by atoms with Crippen molar-refractivity contribution in [1.29, 1.82) is 0 Å². The Morgan fingerprint density at radius 1 is 1.40 bits per heavy atom. The largest absolute Gasteiger partial charge is 0.389 e. The monoisotopic (exact) mass is 367 g/mol. The molecule has 0 aromatic carbocycles. The molecule has 6 nitrogen and oxygen atoms in total. The molecule has 0 bridgehead atoms. The first-order valence-electron chi connectivity index (χ1n) is 8.90. The molecule has 0 unspecified atom stereocenters. The molecule has 1 N–H and O–H groups in total. The average Bonchev–Trinajstić information content (AvgIpc) is 3.10. The van der Waals surface area contributed by atoms with Crippen molar-refractivity contribution in [2.24, 2.45) is 11.8 Å². The molecule has 4 heterocycles. The predicted molar refractivity (Wildman–Crippen MR) is 92.7 cm³/mol. The Balaban J connectivity index is 1.60. The number of fused-ring (bicyclic) bond motifs is 3. The number of thiophene rings is 1. The van der Waals surface area contributed by atoms with Gasteiger partial charge in [-0.15, -0.1) is 11.3 Å². The van der Waals surface area contributed by atoms with Crippen LogP contribution in [0.1, 0.15) is 27.4 Å². The number of carbonyl (C=O) groups excluding carboxylic acids is 1. The number of methoxy groups -OCH3 is 1. The number of amides is 1. The molecule has 1 aromatic rings. The van der Waals surface area contributed by atoms with E-state index in [1.54, 1.807) is 7.11 Å². The van der Waals surface area contributed by atoms with Gasteiger partial charge in [0.25, 0.3) is 5.91 Å². The molecular weight excluding hydrogens is 342 g/mol. The van der Waals surface area contributed by atoms with E-state index < -0.39 is 5.60 Å². The van der Waals surface area contributed by atoms with Crippen molar-refractivity contribution < 1.29 is 24.1 Å². The second-order valence-corrected chi connectivity index (χ2v) is 8.38. The van der Waals surface area contributed by atoms with Crippen molar-refractivity contribution >= 4 is 17.2 Å². The Labute approximate surface area is 151 Å². The highest BCUT2D eigenvalue weighted by Gasteiger charge is 2.56. The fourth-order valence-electron chi connectivity index (χ4n) is 4.55. The maximum atomic E-state index is 13.2. The van der Waals surface area contributed by atoms with Crippen molar-refractivity contribution in [3.05, 3.63) is 21.9 Å². The Kier molecular flexibility index (Phi) is 4.85. The van der Waals surface area contributed by atoms with Gasteiger partial charge in [-0.1, -0.05) is 0 Å². The first kappa shape index (κ1) is 17.4. The zero-order valence-corrected chi connectivity index (χ0v) is 15.3. The van der Waals surface area contributed by atoms with Gasteiger partial charge in [0.2, 0.25) is 0 Å². The standard InChI is InChI=1S/C18H25NO5S/c1-22-10-13-2-3-16(25-13)17(20)19-8-12-9-24-7-5-18(12,21)14-11-23-6-4-15(14)19/h2-3,12,14-15,21H,4-11H2,1H3/t12-,14+,15+,18-/m0/s1. The highest BCUT2D eigenvalue weighted by atomic mass is 32.1. The summed E-state index contributed by atoms with van der Waals surface area (Å²) in [6.45, 7) is 3.31. The normalized spacial score (nSPS) is 35.1. The maximum Gasteiger partial charge on any atom is 0.264 e. The summed E-state index contributed by atoms with van der Waals surface area (Å²) >= 11 is 1.49. The molecule has 25 heavy (non-hydrogen) atoms. The van der Waals surface area contributed by atoms with E-state index >= 15 is 0 Å². The van der Waals surface area contributed by atoms with Crippen LogP contribution in [-0.4, -0.2) is 67.6 Å². The number of hydrogen-bond donors (Lipinski definition) is 1. The molecule has 4 atom stereocenters. The predicted octanol–water partition coefficient (Wildman–Crippen LogP) is 1.52. The van der Waals surface area contributed by atoms with Crippen molar-refractivity contribution in [1.82, 2.24) is 4.90 Å². The number of nitrogens with zero attached hydrogens (tertiary/aromatic N) is 1. The van der Waals surface area contributed by atoms with E-state index in [4.69, 9.17) is 14.2 Å². The third-order valence-corrected chi connectivity index (χ3v) is 6.92. The van der Waals surface area contributed by atoms with Gasteiger partial charge in [-0.25, -0.2) is 0 Å². The van der Waals surface area contributed by atoms with Crippen LogP contribution in [-0.2, 0) is 20.8 Å². The molecule has 3 aliphatic heterocycles. The number of hydrogen-bond acceptors (Lipinski definition) is 6. The lowest BCUT2D eigenvalue weighted by atomic mass is 9.66. The molecule has 3 saturated heterocycles. The second-order valence-electron chi connectivity index (χ2n) is 7.21. The minimum atomic E-state index is -0.781. The van der Waals surface area contributed by atoms with E-state index in [2.05, 4.69) is 0 Å². The van der Waals surface area contributed by atoms with E-state index in [0.717, 1.165) is 16.2 Å². The van der Waals surface area contributed by atoms with Gasteiger partial charge in [-0.3, -0.25) is 4.79 Å². The SMILES string of the molecule is COCc1ccc(C(=O)N2C[C@H]3COCC[C@@]3(O)[C@@H]3COCC[C@H]32)s1. The molecule has 7 heteroatoms. The summed E-state index contributed by atoms with van der Waals surface area (Å²) < 4.78 is 16.4. The molecule has 4 rings (SSSR count). The maximum absolute atomic E-state index is 13.2. The van der Waals surface area contributed by atoms with Crippen LogP contribution < -0.4 is 0 Å². The number of ether oxygens (including phenoxy) is 3. The lowest BCUT2D eigenvalue weighted by Crippen LogP contribution is -2.68. The topological polar surface area (TPSA) is 68.2 Å². The summed E-state index contributed by atoms with van der Waals surface area (Å²) in [5.41, 5.74) is -0.781. The van der Waals surface area contributed by atoms with Crippen molar-refractivity contribution in [2.75, 3.05) is 40.1 Å². The van der Waals surface area contributed by atoms with Crippen LogP contribution in [0.4, 0.5) is 0 Å². The zero-order valence-electron chi connectivity index (χ0n) is 14.5. The number of likely N-dealkylation sites (tertiary alicyclic amines) is 1. The Bertz CT molecular complexity index is 635. The van der Waals surface area contributed by atoms with Crippen molar-refractivity contribution in [3.8, 4) is 0 Å². The molecule has 3 aliphatic rings. The van der Waals surface area contributed by atoms with Crippen LogP contribution in [0.2, 0.25) is 0 Å². The van der Waals surface area contributed by atoms with Crippen LogP contribution in [0.5, 0.6) is 0 Å². The summed E-state index contributed by atoms with van der Waals surface area (Å²) in [6.07, 6.45) is 1.41. The molecule has 3 fully saturated rings. The van der Waals surface area contributed by atoms with Crippen LogP contribution in [0.15, 0.2) is 12.1 Å². The van der Waals surface area contributed by atoms with E-state index in [0.29, 0.717) is 46.0 Å². The van der Waals surface area contributed by atoms with Gasteiger partial charge in [0.1, 0.15) is 0 Å². The molecular formula is C18H25NO5S. The Hall–Kier alpha value is -0.990. The van der Waals surface area contributed by atoms with Gasteiger partial charge in [0, 0.05) is 56.0 Å². The van der Waals surface area contributed by atoms with E-state index in [1.807, 2.05) is 17.0 Å². The Morgan fingerprint density at radius 2 is 2.24 bits per heavy atom. The van der Waals surface area contributed by atoms with Gasteiger partial charge in [-0.2, -0.15) is 0 Å². The minimum absolute atomic E-state index is 0.0357. The van der Waals surface area contributed by atoms with Crippen molar-refractivity contribution in [3.63, 3.8) is 0 Å². The van der Waals surface area contributed by atoms with E-state index in [1.165, 1.54) is 11.3 Å². The highest BCUT2D eigenvalue weighted by molar-refractivity contribution is 7.14. The van der Waals surface area contributed by atoms with Crippen LogP contribution in [0.3, 0.4) is 0 Å². The van der Waals surface area contributed by atoms with Gasteiger partial charge < -0.3 is 24.2 Å². The summed E-state index contributed by atoms with van der Waals surface area (Å²) in [5.74, 6) is -0.0327. The number of aliphatic hydroxyl groups is 1. The fourth-order valence-corrected chi connectivity index (χ4v) is 5.48. The summed E-state index contributed by atoms with van der Waals surface area (Å²) in [5, 5.41) is 11.3. The molecule has 138 valence electrons. The first-order chi connectivity index (χ1) is 12.1. The molecule has 0 radical (unpaired) electrons. The summed E-state index contributed by atoms with van der Waals surface area (Å²) in [4.78, 5) is 16.9. The third kappa shape index (κ3) is 3.02. The zero-order chi connectivity index (χ0) is 17.4. The fraction of sp³-hybridized carbons (Fsp3) is 0.722. The summed E-state index contributed by atoms with van der Waals surface area (Å²) in [7, 11) is 1.66. The molecule has 0 saturated carbocycles. The third-order valence-electron chi connectivity index (χ3n) is 5.87. The van der Waals surface area contributed by atoms with Gasteiger partial charge >= 0.3 is 0 Å². The minimum Gasteiger partial charge on any atom is -0.389 e. The second kappa shape index (κ2) is 6.96.